The first kappa shape index (κ1) is 36.7. The lowest BCUT2D eigenvalue weighted by molar-refractivity contribution is 0.0952. The van der Waals surface area contributed by atoms with Crippen LogP contribution >= 0.6 is 12.4 Å². The van der Waals surface area contributed by atoms with Gasteiger partial charge in [0.05, 0.1) is 47.8 Å². The van der Waals surface area contributed by atoms with E-state index in [1.54, 1.807) is 32.7 Å². The lowest BCUT2D eigenvalue weighted by Crippen LogP contribution is -2.28. The summed E-state index contributed by atoms with van der Waals surface area (Å²) in [5.41, 5.74) is 4.29. The molecule has 258 valence electrons. The number of pyridine rings is 3. The van der Waals surface area contributed by atoms with Crippen LogP contribution in [0.15, 0.2) is 79.4 Å². The van der Waals surface area contributed by atoms with E-state index >= 15 is 0 Å². The normalized spacial score (nSPS) is 12.0. The molecule has 2 aromatic carbocycles. The lowest BCUT2D eigenvalue weighted by Gasteiger charge is -2.17. The van der Waals surface area contributed by atoms with Gasteiger partial charge in [-0.05, 0) is 69.9 Å². The Hall–Kier alpha value is -5.16. The van der Waals surface area contributed by atoms with Crippen LogP contribution in [0.5, 0.6) is 11.5 Å². The summed E-state index contributed by atoms with van der Waals surface area (Å²) in [6.45, 7) is 5.18. The number of rotatable bonds is 16. The summed E-state index contributed by atoms with van der Waals surface area (Å²) in [7, 11) is 3.30. The quantitative estimate of drug-likeness (QED) is 0.0842. The maximum atomic E-state index is 12.8. The van der Waals surface area contributed by atoms with Gasteiger partial charge < -0.3 is 30.7 Å². The molecule has 3 aromatic heterocycles. The highest BCUT2D eigenvalue weighted by Gasteiger charge is 2.14. The summed E-state index contributed by atoms with van der Waals surface area (Å²) >= 11 is 0. The Kier molecular flexibility index (Phi) is 13.4. The third kappa shape index (κ3) is 9.93. The Morgan fingerprint density at radius 2 is 1.14 bits per heavy atom. The molecule has 2 unspecified atom stereocenters. The van der Waals surface area contributed by atoms with Crippen LogP contribution in [0, 0.1) is 0 Å². The molecule has 11 nitrogen and oxygen atoms in total. The van der Waals surface area contributed by atoms with Crippen molar-refractivity contribution in [3.63, 3.8) is 0 Å². The molecule has 2 amide bonds. The number of ether oxygens (including phenoxy) is 2. The van der Waals surface area contributed by atoms with Crippen LogP contribution in [-0.2, 0) is 0 Å². The molecule has 0 aliphatic heterocycles. The van der Waals surface area contributed by atoms with Gasteiger partial charge in [-0.15, -0.1) is 12.4 Å². The summed E-state index contributed by atoms with van der Waals surface area (Å²) in [5, 5.41) is 14.9. The molecule has 0 radical (unpaired) electrons. The predicted octanol–water partition coefficient (Wildman–Crippen LogP) is 6.64. The fourth-order valence-electron chi connectivity index (χ4n) is 5.57. The first-order valence-corrected chi connectivity index (χ1v) is 16.2. The standard InChI is InChI=1S/C37H43N7O4.ClH/c1-24(43-32-20-30(47-3)18-26-11-7-13-39-34(26)32)9-5-15-41-36(45)28-17-29(23-38-22-28)37(46)42-16-6-10-25(2)44-33-21-31(48-4)19-27-12-8-14-40-35(27)33;/h7-8,11-14,17-25,43-44H,5-6,9-10,15-16H2,1-4H3,(H,41,45)(H,42,46);1H. The summed E-state index contributed by atoms with van der Waals surface area (Å²) in [5.74, 6) is 1.00. The molecule has 49 heavy (non-hydrogen) atoms. The Morgan fingerprint density at radius 3 is 1.57 bits per heavy atom. The number of hydrogen-bond acceptors (Lipinski definition) is 9. The first-order valence-electron chi connectivity index (χ1n) is 16.2. The zero-order chi connectivity index (χ0) is 33.9. The Balaban J connectivity index is 0.00000541. The number of amides is 2. The van der Waals surface area contributed by atoms with Crippen molar-refractivity contribution in [3.8, 4) is 11.5 Å². The second-order valence-electron chi connectivity index (χ2n) is 11.8. The van der Waals surface area contributed by atoms with Crippen LogP contribution < -0.4 is 30.7 Å². The van der Waals surface area contributed by atoms with Gasteiger partial charge in [-0.1, -0.05) is 12.1 Å². The molecule has 0 aliphatic rings. The van der Waals surface area contributed by atoms with Gasteiger partial charge >= 0.3 is 0 Å². The van der Waals surface area contributed by atoms with Crippen LogP contribution in [0.1, 0.15) is 60.2 Å². The summed E-state index contributed by atoms with van der Waals surface area (Å²) < 4.78 is 10.9. The van der Waals surface area contributed by atoms with Gasteiger partial charge in [-0.3, -0.25) is 24.5 Å². The van der Waals surface area contributed by atoms with Crippen LogP contribution in [0.25, 0.3) is 21.8 Å². The highest BCUT2D eigenvalue weighted by molar-refractivity contribution is 5.99. The van der Waals surface area contributed by atoms with E-state index in [0.29, 0.717) is 24.2 Å². The van der Waals surface area contributed by atoms with E-state index in [1.807, 2.05) is 48.5 Å². The van der Waals surface area contributed by atoms with Crippen molar-refractivity contribution in [2.24, 2.45) is 0 Å². The highest BCUT2D eigenvalue weighted by atomic mass is 35.5. The van der Waals surface area contributed by atoms with Gasteiger partial charge in [0.25, 0.3) is 11.8 Å². The van der Waals surface area contributed by atoms with Crippen LogP contribution in [-0.4, -0.2) is 66.2 Å². The van der Waals surface area contributed by atoms with Crippen LogP contribution in [0.2, 0.25) is 0 Å². The molecule has 5 rings (SSSR count). The molecule has 4 N–H and O–H groups in total. The van der Waals surface area contributed by atoms with Gasteiger partial charge in [0.15, 0.2) is 0 Å². The van der Waals surface area contributed by atoms with Gasteiger partial charge in [0.1, 0.15) is 11.5 Å². The molecule has 0 fully saturated rings. The predicted molar refractivity (Wildman–Crippen MR) is 197 cm³/mol. The topological polar surface area (TPSA) is 139 Å². The minimum absolute atomic E-state index is 0. The summed E-state index contributed by atoms with van der Waals surface area (Å²) in [4.78, 5) is 38.9. The van der Waals surface area contributed by atoms with Crippen molar-refractivity contribution in [1.82, 2.24) is 25.6 Å². The molecule has 0 saturated carbocycles. The Bertz CT molecular complexity index is 1740. The van der Waals surface area contributed by atoms with Crippen molar-refractivity contribution in [2.75, 3.05) is 37.9 Å². The van der Waals surface area contributed by atoms with Gasteiger partial charge in [0.2, 0.25) is 0 Å². The van der Waals surface area contributed by atoms with E-state index in [2.05, 4.69) is 50.1 Å². The molecule has 0 saturated heterocycles. The smallest absolute Gasteiger partial charge is 0.252 e. The number of carbonyl (C=O) groups is 2. The van der Waals surface area contributed by atoms with Crippen LogP contribution in [0.3, 0.4) is 0 Å². The monoisotopic (exact) mass is 685 g/mol. The summed E-state index contributed by atoms with van der Waals surface area (Å²) in [6, 6.07) is 17.5. The van der Waals surface area contributed by atoms with E-state index < -0.39 is 0 Å². The Labute approximate surface area is 293 Å². The maximum absolute atomic E-state index is 12.8. The van der Waals surface area contributed by atoms with Gasteiger partial charge in [-0.25, -0.2) is 0 Å². The molecule has 0 spiro atoms. The van der Waals surface area contributed by atoms with Gasteiger partial charge in [-0.2, -0.15) is 0 Å². The Morgan fingerprint density at radius 1 is 0.694 bits per heavy atom. The molecule has 5 aromatic rings. The van der Waals surface area contributed by atoms with Crippen molar-refractivity contribution in [3.05, 3.63) is 90.5 Å². The van der Waals surface area contributed by atoms with E-state index in [9.17, 15) is 9.59 Å². The van der Waals surface area contributed by atoms with E-state index in [1.165, 1.54) is 12.4 Å². The fourth-order valence-corrected chi connectivity index (χ4v) is 5.57. The largest absolute Gasteiger partial charge is 0.497 e. The number of halogens is 1. The van der Waals surface area contributed by atoms with Gasteiger partial charge in [0, 0.05) is 72.9 Å². The molecule has 0 bridgehead atoms. The van der Waals surface area contributed by atoms with Crippen molar-refractivity contribution < 1.29 is 19.1 Å². The molecular formula is C37H44ClN7O4. The van der Waals surface area contributed by atoms with Crippen molar-refractivity contribution in [1.29, 1.82) is 0 Å². The molecule has 3 heterocycles. The molecule has 2 atom stereocenters. The first-order chi connectivity index (χ1) is 23.3. The number of methoxy groups -OCH3 is 2. The number of carbonyl (C=O) groups excluding carboxylic acids is 2. The number of fused-ring (bicyclic) bond motifs is 2. The van der Waals surface area contributed by atoms with Crippen molar-refractivity contribution >= 4 is 57.4 Å². The lowest BCUT2D eigenvalue weighted by atomic mass is 10.1. The van der Waals surface area contributed by atoms with E-state index in [4.69, 9.17) is 9.47 Å². The average molecular weight is 686 g/mol. The van der Waals surface area contributed by atoms with E-state index in [-0.39, 0.29) is 36.3 Å². The van der Waals surface area contributed by atoms with Crippen molar-refractivity contribution in [2.45, 2.75) is 51.6 Å². The average Bonchev–Trinajstić information content (AvgIpc) is 3.11. The second kappa shape index (κ2) is 17.8. The minimum atomic E-state index is -0.264. The fraction of sp³-hybridized carbons (Fsp3) is 0.324. The SMILES string of the molecule is COc1cc(NC(C)CCCNC(=O)c2cncc(C(=O)NCCCC(C)Nc3cc(OC)cc4cccnc34)c2)c2ncccc2c1.Cl. The molecule has 0 aliphatic carbocycles. The number of benzene rings is 2. The highest BCUT2D eigenvalue weighted by Crippen LogP contribution is 2.29. The maximum Gasteiger partial charge on any atom is 0.252 e. The second-order valence-corrected chi connectivity index (χ2v) is 11.8. The number of nitrogens with zero attached hydrogens (tertiary/aromatic N) is 3. The van der Waals surface area contributed by atoms with Crippen LogP contribution in [0.4, 0.5) is 11.4 Å². The third-order valence-electron chi connectivity index (χ3n) is 8.09. The molecular weight excluding hydrogens is 642 g/mol. The van der Waals surface area contributed by atoms with E-state index in [0.717, 1.165) is 70.4 Å². The third-order valence-corrected chi connectivity index (χ3v) is 8.09. The number of hydrogen-bond donors (Lipinski definition) is 4. The minimum Gasteiger partial charge on any atom is -0.497 e. The zero-order valence-corrected chi connectivity index (χ0v) is 29.1. The summed E-state index contributed by atoms with van der Waals surface area (Å²) in [6.07, 6.45) is 9.68. The number of aromatic nitrogens is 3. The number of anilines is 2. The molecule has 12 heteroatoms. The number of nitrogens with one attached hydrogen (secondary N) is 4. The zero-order valence-electron chi connectivity index (χ0n) is 28.3.